The van der Waals surface area contributed by atoms with Gasteiger partial charge < -0.3 is 9.47 Å². The molecule has 0 saturated carbocycles. The molecule has 1 aromatic rings. The third-order valence-corrected chi connectivity index (χ3v) is 2.38. The second kappa shape index (κ2) is 5.80. The molecule has 0 heterocycles. The van der Waals surface area contributed by atoms with Crippen molar-refractivity contribution in [1.82, 2.24) is 0 Å². The van der Waals surface area contributed by atoms with Crippen molar-refractivity contribution in [2.24, 2.45) is 0 Å². The fraction of sp³-hybridized carbons (Fsp3) is 0.273. The van der Waals surface area contributed by atoms with Gasteiger partial charge in [-0.1, -0.05) is 0 Å². The van der Waals surface area contributed by atoms with Gasteiger partial charge in [0, 0.05) is 5.88 Å². The van der Waals surface area contributed by atoms with E-state index in [0.29, 0.717) is 0 Å². The molecule has 0 unspecified atom stereocenters. The molecular formula is C11H7ClF3NO3. The predicted molar refractivity (Wildman–Crippen MR) is 58.7 cm³/mol. The Kier molecular flexibility index (Phi) is 4.62. The van der Waals surface area contributed by atoms with Gasteiger partial charge in [-0.15, -0.1) is 24.8 Å². The van der Waals surface area contributed by atoms with Crippen LogP contribution < -0.4 is 4.74 Å². The molecule has 4 nitrogen and oxygen atoms in total. The first kappa shape index (κ1) is 15.1. The van der Waals surface area contributed by atoms with Crippen LogP contribution in [0.5, 0.6) is 5.75 Å². The van der Waals surface area contributed by atoms with E-state index < -0.39 is 18.1 Å². The normalized spacial score (nSPS) is 10.7. The topological polar surface area (TPSA) is 59.3 Å². The molecular weight excluding hydrogens is 287 g/mol. The molecule has 0 aliphatic rings. The summed E-state index contributed by atoms with van der Waals surface area (Å²) in [6.07, 6.45) is -4.93. The number of carbonyl (C=O) groups excluding carboxylic acids is 1. The number of carbonyl (C=O) groups is 1. The highest BCUT2D eigenvalue weighted by Crippen LogP contribution is 2.28. The standard InChI is InChI=1S/C11H7ClF3NO3/c1-18-10(17)8-3-7(19-11(13,14)15)2-6(5-16)9(8)4-12/h2-3H,4H2,1H3. The van der Waals surface area contributed by atoms with Crippen LogP contribution >= 0.6 is 11.6 Å². The molecule has 8 heteroatoms. The summed E-state index contributed by atoms with van der Waals surface area (Å²) < 4.78 is 44.5. The van der Waals surface area contributed by atoms with Crippen molar-refractivity contribution in [3.05, 3.63) is 28.8 Å². The summed E-state index contributed by atoms with van der Waals surface area (Å²) in [4.78, 5) is 11.5. The molecule has 1 aromatic carbocycles. The highest BCUT2D eigenvalue weighted by molar-refractivity contribution is 6.18. The summed E-state index contributed by atoms with van der Waals surface area (Å²) in [5, 5.41) is 8.85. The molecule has 102 valence electrons. The SMILES string of the molecule is COC(=O)c1cc(OC(F)(F)F)cc(C#N)c1CCl. The van der Waals surface area contributed by atoms with Crippen LogP contribution in [0.2, 0.25) is 0 Å². The first-order valence-corrected chi connectivity index (χ1v) is 5.33. The van der Waals surface area contributed by atoms with Gasteiger partial charge in [-0.3, -0.25) is 0 Å². The molecule has 0 aliphatic heterocycles. The van der Waals surface area contributed by atoms with Gasteiger partial charge in [-0.25, -0.2) is 4.79 Å². The maximum Gasteiger partial charge on any atom is 0.573 e. The Morgan fingerprint density at radius 2 is 2.11 bits per heavy atom. The van der Waals surface area contributed by atoms with E-state index in [-0.39, 0.29) is 22.6 Å². The maximum absolute atomic E-state index is 12.1. The number of methoxy groups -OCH3 is 1. The molecule has 19 heavy (non-hydrogen) atoms. The van der Waals surface area contributed by atoms with Gasteiger partial charge >= 0.3 is 12.3 Å². The number of nitrogens with zero attached hydrogens (tertiary/aromatic N) is 1. The largest absolute Gasteiger partial charge is 0.573 e. The Morgan fingerprint density at radius 3 is 2.53 bits per heavy atom. The van der Waals surface area contributed by atoms with Crippen LogP contribution in [-0.4, -0.2) is 19.4 Å². The lowest BCUT2D eigenvalue weighted by Crippen LogP contribution is -2.18. The summed E-state index contributed by atoms with van der Waals surface area (Å²) in [5.74, 6) is -1.81. The van der Waals surface area contributed by atoms with Crippen LogP contribution in [0.25, 0.3) is 0 Å². The van der Waals surface area contributed by atoms with Crippen molar-refractivity contribution in [2.75, 3.05) is 7.11 Å². The van der Waals surface area contributed by atoms with Gasteiger partial charge in [-0.2, -0.15) is 5.26 Å². The van der Waals surface area contributed by atoms with E-state index in [1.54, 1.807) is 6.07 Å². The molecule has 0 atom stereocenters. The Morgan fingerprint density at radius 1 is 1.47 bits per heavy atom. The zero-order valence-corrected chi connectivity index (χ0v) is 10.3. The van der Waals surface area contributed by atoms with E-state index in [4.69, 9.17) is 16.9 Å². The first-order chi connectivity index (χ1) is 8.82. The van der Waals surface area contributed by atoms with E-state index in [1.807, 2.05) is 0 Å². The lowest BCUT2D eigenvalue weighted by molar-refractivity contribution is -0.274. The fourth-order valence-corrected chi connectivity index (χ4v) is 1.66. The molecule has 0 aliphatic carbocycles. The summed E-state index contributed by atoms with van der Waals surface area (Å²) in [5.41, 5.74) is -0.335. The van der Waals surface area contributed by atoms with E-state index in [2.05, 4.69) is 9.47 Å². The van der Waals surface area contributed by atoms with E-state index >= 15 is 0 Å². The van der Waals surface area contributed by atoms with Crippen LogP contribution in [0.1, 0.15) is 21.5 Å². The number of alkyl halides is 4. The van der Waals surface area contributed by atoms with Gasteiger partial charge in [0.15, 0.2) is 0 Å². The molecule has 0 fully saturated rings. The van der Waals surface area contributed by atoms with Crippen LogP contribution in [0.3, 0.4) is 0 Å². The molecule has 0 aromatic heterocycles. The number of rotatable bonds is 3. The quantitative estimate of drug-likeness (QED) is 0.635. The third-order valence-electron chi connectivity index (χ3n) is 2.12. The maximum atomic E-state index is 12.1. The fourth-order valence-electron chi connectivity index (χ4n) is 1.37. The van der Waals surface area contributed by atoms with Crippen LogP contribution in [0, 0.1) is 11.3 Å². The third kappa shape index (κ3) is 3.76. The lowest BCUT2D eigenvalue weighted by Gasteiger charge is -2.13. The van der Waals surface area contributed by atoms with Crippen molar-refractivity contribution in [2.45, 2.75) is 12.2 Å². The number of benzene rings is 1. The second-order valence-electron chi connectivity index (χ2n) is 3.28. The second-order valence-corrected chi connectivity index (χ2v) is 3.55. The highest BCUT2D eigenvalue weighted by Gasteiger charge is 2.32. The summed E-state index contributed by atoms with van der Waals surface area (Å²) in [6, 6.07) is 3.34. The number of nitriles is 1. The number of ether oxygens (including phenoxy) is 2. The number of hydrogen-bond donors (Lipinski definition) is 0. The van der Waals surface area contributed by atoms with Gasteiger partial charge in [0.1, 0.15) is 5.75 Å². The molecule has 0 amide bonds. The molecule has 0 bridgehead atoms. The average molecular weight is 294 g/mol. The Labute approximate surface area is 111 Å². The van der Waals surface area contributed by atoms with Gasteiger partial charge in [0.25, 0.3) is 0 Å². The average Bonchev–Trinajstić information content (AvgIpc) is 2.34. The zero-order chi connectivity index (χ0) is 14.6. The number of halogens is 4. The Bertz CT molecular complexity index is 537. The molecule has 0 N–H and O–H groups in total. The van der Waals surface area contributed by atoms with E-state index in [1.165, 1.54) is 0 Å². The zero-order valence-electron chi connectivity index (χ0n) is 9.55. The smallest absolute Gasteiger partial charge is 0.465 e. The lowest BCUT2D eigenvalue weighted by atomic mass is 10.0. The van der Waals surface area contributed by atoms with Gasteiger partial charge in [0.05, 0.1) is 24.3 Å². The van der Waals surface area contributed by atoms with E-state index in [0.717, 1.165) is 19.2 Å². The minimum atomic E-state index is -4.93. The minimum Gasteiger partial charge on any atom is -0.465 e. The summed E-state index contributed by atoms with van der Waals surface area (Å²) in [7, 11) is 1.06. The molecule has 0 radical (unpaired) electrons. The van der Waals surface area contributed by atoms with E-state index in [9.17, 15) is 18.0 Å². The summed E-state index contributed by atoms with van der Waals surface area (Å²) >= 11 is 5.58. The van der Waals surface area contributed by atoms with Crippen molar-refractivity contribution in [1.29, 1.82) is 5.26 Å². The van der Waals surface area contributed by atoms with Crippen molar-refractivity contribution in [3.63, 3.8) is 0 Å². The number of hydrogen-bond acceptors (Lipinski definition) is 4. The Hall–Kier alpha value is -1.94. The minimum absolute atomic E-state index is 0.0885. The van der Waals surface area contributed by atoms with Crippen molar-refractivity contribution in [3.8, 4) is 11.8 Å². The van der Waals surface area contributed by atoms with Crippen molar-refractivity contribution >= 4 is 17.6 Å². The highest BCUT2D eigenvalue weighted by atomic mass is 35.5. The molecule has 1 rings (SSSR count). The van der Waals surface area contributed by atoms with Crippen LogP contribution in [0.15, 0.2) is 12.1 Å². The Balaban J connectivity index is 3.39. The van der Waals surface area contributed by atoms with Crippen LogP contribution in [-0.2, 0) is 10.6 Å². The van der Waals surface area contributed by atoms with Crippen molar-refractivity contribution < 1.29 is 27.4 Å². The number of esters is 1. The first-order valence-electron chi connectivity index (χ1n) is 4.79. The summed E-state index contributed by atoms with van der Waals surface area (Å²) in [6.45, 7) is 0. The van der Waals surface area contributed by atoms with Crippen LogP contribution in [0.4, 0.5) is 13.2 Å². The molecule has 0 spiro atoms. The van der Waals surface area contributed by atoms with Gasteiger partial charge in [0.2, 0.25) is 0 Å². The monoisotopic (exact) mass is 293 g/mol. The van der Waals surface area contributed by atoms with Gasteiger partial charge in [-0.05, 0) is 17.7 Å². The molecule has 0 saturated heterocycles. The predicted octanol–water partition coefficient (Wildman–Crippen LogP) is 2.98.